The third-order valence-corrected chi connectivity index (χ3v) is 3.40. The Balaban J connectivity index is 1.99. The minimum atomic E-state index is 0.0860. The smallest absolute Gasteiger partial charge is 0.171 e. The third-order valence-electron chi connectivity index (χ3n) is 2.95. The molecule has 0 radical (unpaired) electrons. The molecule has 0 bridgehead atoms. The summed E-state index contributed by atoms with van der Waals surface area (Å²) >= 11 is 11.3. The number of thiocarbonyl (C=S) groups is 1. The number of anilines is 1. The SMILES string of the molecule is Cc1nn(C)cc1C(C)NC(=S)Nc1cccc(Cl)c1. The standard InChI is InChI=1S/C14H17ClN4S/c1-9(13-8-19(3)18-10(13)2)16-14(20)17-12-6-4-5-11(15)7-12/h4-9H,1-3H3,(H2,16,17,20). The van der Waals surface area contributed by atoms with E-state index < -0.39 is 0 Å². The third kappa shape index (κ3) is 3.71. The predicted octanol–water partition coefficient (Wildman–Crippen LogP) is 3.43. The van der Waals surface area contributed by atoms with Gasteiger partial charge in [0.25, 0.3) is 0 Å². The number of hydrogen-bond acceptors (Lipinski definition) is 2. The number of rotatable bonds is 3. The lowest BCUT2D eigenvalue weighted by Crippen LogP contribution is -2.31. The molecule has 0 saturated heterocycles. The maximum Gasteiger partial charge on any atom is 0.171 e. The highest BCUT2D eigenvalue weighted by molar-refractivity contribution is 7.80. The summed E-state index contributed by atoms with van der Waals surface area (Å²) in [5.74, 6) is 0. The van der Waals surface area contributed by atoms with Gasteiger partial charge < -0.3 is 10.6 Å². The van der Waals surface area contributed by atoms with Gasteiger partial charge in [0.2, 0.25) is 0 Å². The van der Waals surface area contributed by atoms with Crippen LogP contribution in [-0.2, 0) is 7.05 Å². The van der Waals surface area contributed by atoms with Gasteiger partial charge in [0.05, 0.1) is 11.7 Å². The lowest BCUT2D eigenvalue weighted by Gasteiger charge is -2.16. The van der Waals surface area contributed by atoms with E-state index in [4.69, 9.17) is 23.8 Å². The zero-order chi connectivity index (χ0) is 14.7. The van der Waals surface area contributed by atoms with Gasteiger partial charge in [-0.3, -0.25) is 4.68 Å². The molecule has 0 amide bonds. The average Bonchev–Trinajstić information content (AvgIpc) is 2.68. The van der Waals surface area contributed by atoms with E-state index in [0.29, 0.717) is 10.1 Å². The fraction of sp³-hybridized carbons (Fsp3) is 0.286. The van der Waals surface area contributed by atoms with Gasteiger partial charge in [0.1, 0.15) is 0 Å². The normalized spacial score (nSPS) is 12.0. The van der Waals surface area contributed by atoms with Gasteiger partial charge in [0.15, 0.2) is 5.11 Å². The van der Waals surface area contributed by atoms with Crippen molar-refractivity contribution in [2.45, 2.75) is 19.9 Å². The van der Waals surface area contributed by atoms with Crippen LogP contribution in [0.15, 0.2) is 30.5 Å². The Bertz CT molecular complexity index is 623. The highest BCUT2D eigenvalue weighted by atomic mass is 35.5. The summed E-state index contributed by atoms with van der Waals surface area (Å²) in [7, 11) is 1.91. The van der Waals surface area contributed by atoms with Gasteiger partial charge in [0, 0.05) is 29.5 Å². The van der Waals surface area contributed by atoms with Gasteiger partial charge in [-0.15, -0.1) is 0 Å². The quantitative estimate of drug-likeness (QED) is 0.853. The van der Waals surface area contributed by atoms with Crippen molar-refractivity contribution in [1.82, 2.24) is 15.1 Å². The molecule has 4 nitrogen and oxygen atoms in total. The molecule has 20 heavy (non-hydrogen) atoms. The van der Waals surface area contributed by atoms with Crippen molar-refractivity contribution >= 4 is 34.6 Å². The van der Waals surface area contributed by atoms with E-state index in [-0.39, 0.29) is 6.04 Å². The minimum Gasteiger partial charge on any atom is -0.356 e. The molecule has 0 saturated carbocycles. The van der Waals surface area contributed by atoms with Crippen LogP contribution in [0.2, 0.25) is 5.02 Å². The fourth-order valence-corrected chi connectivity index (χ4v) is 2.54. The van der Waals surface area contributed by atoms with Crippen molar-refractivity contribution < 1.29 is 0 Å². The van der Waals surface area contributed by atoms with E-state index in [1.807, 2.05) is 44.4 Å². The van der Waals surface area contributed by atoms with Crippen molar-refractivity contribution in [2.75, 3.05) is 5.32 Å². The predicted molar refractivity (Wildman–Crippen MR) is 87.2 cm³/mol. The van der Waals surface area contributed by atoms with Crippen LogP contribution in [0, 0.1) is 6.92 Å². The molecule has 1 unspecified atom stereocenters. The van der Waals surface area contributed by atoms with Gasteiger partial charge >= 0.3 is 0 Å². The summed E-state index contributed by atoms with van der Waals surface area (Å²) in [6.45, 7) is 4.04. The maximum atomic E-state index is 5.94. The summed E-state index contributed by atoms with van der Waals surface area (Å²) in [6.07, 6.45) is 2.00. The highest BCUT2D eigenvalue weighted by Crippen LogP contribution is 2.17. The lowest BCUT2D eigenvalue weighted by atomic mass is 10.1. The Morgan fingerprint density at radius 1 is 1.45 bits per heavy atom. The van der Waals surface area contributed by atoms with Gasteiger partial charge in [-0.05, 0) is 44.3 Å². The van der Waals surface area contributed by atoms with Crippen LogP contribution in [0.4, 0.5) is 5.69 Å². The Morgan fingerprint density at radius 2 is 2.20 bits per heavy atom. The van der Waals surface area contributed by atoms with E-state index in [1.54, 1.807) is 4.68 Å². The second-order valence-corrected chi connectivity index (χ2v) is 5.52. The highest BCUT2D eigenvalue weighted by Gasteiger charge is 2.12. The molecule has 0 aliphatic heterocycles. The first-order valence-corrected chi connectivity index (χ1v) is 7.07. The summed E-state index contributed by atoms with van der Waals surface area (Å²) in [6, 6.07) is 7.53. The molecule has 0 spiro atoms. The number of halogens is 1. The molecule has 1 atom stereocenters. The molecular formula is C14H17ClN4S. The first-order valence-electron chi connectivity index (χ1n) is 6.29. The van der Waals surface area contributed by atoms with Crippen molar-refractivity contribution in [3.05, 3.63) is 46.7 Å². The van der Waals surface area contributed by atoms with Crippen molar-refractivity contribution in [2.24, 2.45) is 7.05 Å². The van der Waals surface area contributed by atoms with Crippen LogP contribution in [-0.4, -0.2) is 14.9 Å². The first kappa shape index (κ1) is 14.8. The first-order chi connectivity index (χ1) is 9.45. The van der Waals surface area contributed by atoms with Crippen molar-refractivity contribution in [3.8, 4) is 0 Å². The maximum absolute atomic E-state index is 5.94. The van der Waals surface area contributed by atoms with Crippen molar-refractivity contribution in [1.29, 1.82) is 0 Å². The number of nitrogens with zero attached hydrogens (tertiary/aromatic N) is 2. The molecule has 1 heterocycles. The monoisotopic (exact) mass is 308 g/mol. The van der Waals surface area contributed by atoms with Crippen LogP contribution in [0.1, 0.15) is 24.2 Å². The molecule has 1 aromatic heterocycles. The zero-order valence-corrected chi connectivity index (χ0v) is 13.2. The van der Waals surface area contributed by atoms with Gasteiger partial charge in [-0.2, -0.15) is 5.10 Å². The molecule has 106 valence electrons. The largest absolute Gasteiger partial charge is 0.356 e. The number of hydrogen-bond donors (Lipinski definition) is 2. The summed E-state index contributed by atoms with van der Waals surface area (Å²) in [4.78, 5) is 0. The van der Waals surface area contributed by atoms with Crippen LogP contribution in [0.25, 0.3) is 0 Å². The molecule has 0 aliphatic carbocycles. The Labute approximate surface area is 129 Å². The lowest BCUT2D eigenvalue weighted by molar-refractivity contribution is 0.715. The Morgan fingerprint density at radius 3 is 2.80 bits per heavy atom. The van der Waals surface area contributed by atoms with Gasteiger partial charge in [-0.1, -0.05) is 17.7 Å². The number of aromatic nitrogens is 2. The van der Waals surface area contributed by atoms with Crippen LogP contribution in [0.5, 0.6) is 0 Å². The van der Waals surface area contributed by atoms with Crippen LogP contribution >= 0.6 is 23.8 Å². The number of aryl methyl sites for hydroxylation is 2. The minimum absolute atomic E-state index is 0.0860. The number of nitrogens with one attached hydrogen (secondary N) is 2. The van der Waals surface area contributed by atoms with Crippen LogP contribution in [0.3, 0.4) is 0 Å². The zero-order valence-electron chi connectivity index (χ0n) is 11.6. The van der Waals surface area contributed by atoms with E-state index in [9.17, 15) is 0 Å². The summed E-state index contributed by atoms with van der Waals surface area (Å²) in [5, 5.41) is 11.9. The molecule has 0 aliphatic rings. The molecule has 2 N–H and O–H groups in total. The number of benzene rings is 1. The molecular weight excluding hydrogens is 292 g/mol. The second kappa shape index (κ2) is 6.24. The topological polar surface area (TPSA) is 41.9 Å². The summed E-state index contributed by atoms with van der Waals surface area (Å²) in [5.41, 5.74) is 2.99. The molecule has 6 heteroatoms. The Hall–Kier alpha value is -1.59. The summed E-state index contributed by atoms with van der Waals surface area (Å²) < 4.78 is 1.80. The average molecular weight is 309 g/mol. The Kier molecular flexibility index (Phi) is 4.62. The molecule has 0 fully saturated rings. The van der Waals surface area contributed by atoms with E-state index >= 15 is 0 Å². The van der Waals surface area contributed by atoms with Crippen LogP contribution < -0.4 is 10.6 Å². The molecule has 2 aromatic rings. The fourth-order valence-electron chi connectivity index (χ4n) is 2.05. The molecule has 1 aromatic carbocycles. The molecule has 2 rings (SSSR count). The van der Waals surface area contributed by atoms with Gasteiger partial charge in [-0.25, -0.2) is 0 Å². The van der Waals surface area contributed by atoms with E-state index in [0.717, 1.165) is 16.9 Å². The van der Waals surface area contributed by atoms with E-state index in [1.165, 1.54) is 0 Å². The second-order valence-electron chi connectivity index (χ2n) is 4.67. The van der Waals surface area contributed by atoms with E-state index in [2.05, 4.69) is 22.7 Å². The van der Waals surface area contributed by atoms with Crippen molar-refractivity contribution in [3.63, 3.8) is 0 Å².